The minimum atomic E-state index is 0.799. The molecule has 0 rings (SSSR count). The molecule has 0 saturated heterocycles. The second-order valence-corrected chi connectivity index (χ2v) is 2.09. The molecule has 0 amide bonds. The zero-order chi connectivity index (χ0) is 6.41. The molecule has 0 atom stereocenters. The maximum atomic E-state index is 8.61. The lowest BCUT2D eigenvalue weighted by Crippen LogP contribution is -2.13. The first-order chi connectivity index (χ1) is 3.77. The van der Waals surface area contributed by atoms with Gasteiger partial charge in [-0.2, -0.15) is 5.06 Å². The molecule has 0 heterocycles. The molecule has 0 saturated carbocycles. The molecule has 8 heavy (non-hydrogen) atoms. The van der Waals surface area contributed by atoms with Crippen molar-refractivity contribution in [1.29, 1.82) is 0 Å². The summed E-state index contributed by atoms with van der Waals surface area (Å²) in [5.74, 6) is 0. The largest absolute Gasteiger partial charge is 0.314 e. The predicted octanol–water partition coefficient (Wildman–Crippen LogP) is 1.50. The van der Waals surface area contributed by atoms with E-state index in [-0.39, 0.29) is 0 Å². The van der Waals surface area contributed by atoms with Crippen molar-refractivity contribution in [2.75, 3.05) is 13.6 Å². The highest BCUT2D eigenvalue weighted by Crippen LogP contribution is 1.93. The summed E-state index contributed by atoms with van der Waals surface area (Å²) < 4.78 is 0. The summed E-state index contributed by atoms with van der Waals surface area (Å²) in [4.78, 5) is 0. The zero-order valence-electron chi connectivity index (χ0n) is 5.72. The number of hydrogen-bond donors (Lipinski definition) is 1. The van der Waals surface area contributed by atoms with E-state index in [1.165, 1.54) is 17.9 Å². The molecule has 0 bridgehead atoms. The Kier molecular flexibility index (Phi) is 5.01. The minimum absolute atomic E-state index is 0.799. The van der Waals surface area contributed by atoms with E-state index in [9.17, 15) is 0 Å². The quantitative estimate of drug-likeness (QED) is 0.445. The SMILES string of the molecule is CCCCCN(C)O. The zero-order valence-corrected chi connectivity index (χ0v) is 5.72. The Morgan fingerprint density at radius 2 is 2.00 bits per heavy atom. The van der Waals surface area contributed by atoms with Gasteiger partial charge in [0.1, 0.15) is 0 Å². The molecule has 50 valence electrons. The van der Waals surface area contributed by atoms with Crippen molar-refractivity contribution in [2.45, 2.75) is 26.2 Å². The van der Waals surface area contributed by atoms with Gasteiger partial charge in [-0.05, 0) is 6.42 Å². The Balaban J connectivity index is 2.72. The standard InChI is InChI=1S/C6H15NO/c1-3-4-5-6-7(2)8/h8H,3-6H2,1-2H3. The predicted molar refractivity (Wildman–Crippen MR) is 33.9 cm³/mol. The van der Waals surface area contributed by atoms with Gasteiger partial charge in [-0.3, -0.25) is 0 Å². The Hall–Kier alpha value is -0.0800. The smallest absolute Gasteiger partial charge is 0.0235 e. The van der Waals surface area contributed by atoms with Crippen LogP contribution in [-0.2, 0) is 0 Å². The van der Waals surface area contributed by atoms with Crippen LogP contribution in [0.1, 0.15) is 26.2 Å². The van der Waals surface area contributed by atoms with Crippen LogP contribution in [-0.4, -0.2) is 23.9 Å². The number of unbranched alkanes of at least 4 members (excludes halogenated alkanes) is 2. The summed E-state index contributed by atoms with van der Waals surface area (Å²) in [5, 5.41) is 9.84. The highest BCUT2D eigenvalue weighted by Gasteiger charge is 1.88. The van der Waals surface area contributed by atoms with Crippen LogP contribution >= 0.6 is 0 Å². The molecular formula is C6H15NO. The van der Waals surface area contributed by atoms with Gasteiger partial charge in [-0.15, -0.1) is 0 Å². The van der Waals surface area contributed by atoms with Crippen LogP contribution in [0.15, 0.2) is 0 Å². The van der Waals surface area contributed by atoms with Gasteiger partial charge in [0.25, 0.3) is 0 Å². The molecule has 0 spiro atoms. The molecule has 0 fully saturated rings. The third kappa shape index (κ3) is 5.92. The first-order valence-electron chi connectivity index (χ1n) is 3.17. The Morgan fingerprint density at radius 1 is 1.38 bits per heavy atom. The van der Waals surface area contributed by atoms with Gasteiger partial charge in [0, 0.05) is 13.6 Å². The fourth-order valence-corrected chi connectivity index (χ4v) is 0.591. The average Bonchev–Trinajstić information content (AvgIpc) is 1.66. The highest BCUT2D eigenvalue weighted by atomic mass is 16.5. The van der Waals surface area contributed by atoms with Gasteiger partial charge in [0.15, 0.2) is 0 Å². The van der Waals surface area contributed by atoms with Gasteiger partial charge >= 0.3 is 0 Å². The number of hydroxylamine groups is 2. The summed E-state index contributed by atoms with van der Waals surface area (Å²) in [6.07, 6.45) is 3.53. The van der Waals surface area contributed by atoms with E-state index in [1.54, 1.807) is 7.05 Å². The molecular weight excluding hydrogens is 102 g/mol. The average molecular weight is 117 g/mol. The Morgan fingerprint density at radius 3 is 2.38 bits per heavy atom. The first kappa shape index (κ1) is 7.92. The summed E-state index contributed by atoms with van der Waals surface area (Å²) in [6, 6.07) is 0. The van der Waals surface area contributed by atoms with Crippen molar-refractivity contribution in [1.82, 2.24) is 5.06 Å². The number of rotatable bonds is 4. The maximum absolute atomic E-state index is 8.61. The van der Waals surface area contributed by atoms with Crippen LogP contribution in [0, 0.1) is 0 Å². The Bertz CT molecular complexity index is 45.8. The molecule has 0 aromatic carbocycles. The summed E-state index contributed by atoms with van der Waals surface area (Å²) >= 11 is 0. The van der Waals surface area contributed by atoms with Gasteiger partial charge in [0.2, 0.25) is 0 Å². The van der Waals surface area contributed by atoms with E-state index >= 15 is 0 Å². The lowest BCUT2D eigenvalue weighted by molar-refractivity contribution is -0.0655. The van der Waals surface area contributed by atoms with Gasteiger partial charge in [-0.25, -0.2) is 0 Å². The number of nitrogens with zero attached hydrogens (tertiary/aromatic N) is 1. The fraction of sp³-hybridized carbons (Fsp3) is 1.00. The second kappa shape index (κ2) is 5.06. The highest BCUT2D eigenvalue weighted by molar-refractivity contribution is 4.38. The minimum Gasteiger partial charge on any atom is -0.314 e. The summed E-state index contributed by atoms with van der Waals surface area (Å²) in [7, 11) is 1.68. The van der Waals surface area contributed by atoms with E-state index in [4.69, 9.17) is 5.21 Å². The van der Waals surface area contributed by atoms with E-state index < -0.39 is 0 Å². The molecule has 0 aliphatic heterocycles. The van der Waals surface area contributed by atoms with Crippen LogP contribution in [0.25, 0.3) is 0 Å². The lowest BCUT2D eigenvalue weighted by Gasteiger charge is -2.05. The molecule has 2 heteroatoms. The van der Waals surface area contributed by atoms with E-state index in [1.807, 2.05) is 0 Å². The monoisotopic (exact) mass is 117 g/mol. The van der Waals surface area contributed by atoms with Crippen molar-refractivity contribution in [3.8, 4) is 0 Å². The Labute approximate surface area is 51.1 Å². The lowest BCUT2D eigenvalue weighted by atomic mass is 10.2. The number of hydrogen-bond acceptors (Lipinski definition) is 2. The van der Waals surface area contributed by atoms with Gasteiger partial charge in [0.05, 0.1) is 0 Å². The topological polar surface area (TPSA) is 23.5 Å². The fourth-order valence-electron chi connectivity index (χ4n) is 0.591. The van der Waals surface area contributed by atoms with Crippen LogP contribution in [0.5, 0.6) is 0 Å². The molecule has 0 aromatic rings. The molecule has 2 nitrogen and oxygen atoms in total. The summed E-state index contributed by atoms with van der Waals surface area (Å²) in [6.45, 7) is 2.95. The maximum Gasteiger partial charge on any atom is 0.0235 e. The molecule has 1 N–H and O–H groups in total. The van der Waals surface area contributed by atoms with Crippen LogP contribution in [0.2, 0.25) is 0 Å². The molecule has 0 aromatic heterocycles. The van der Waals surface area contributed by atoms with E-state index in [0.29, 0.717) is 0 Å². The third-order valence-corrected chi connectivity index (χ3v) is 1.09. The van der Waals surface area contributed by atoms with Crippen molar-refractivity contribution >= 4 is 0 Å². The van der Waals surface area contributed by atoms with Crippen LogP contribution in [0.4, 0.5) is 0 Å². The van der Waals surface area contributed by atoms with Crippen molar-refractivity contribution < 1.29 is 5.21 Å². The van der Waals surface area contributed by atoms with Gasteiger partial charge in [-0.1, -0.05) is 19.8 Å². The van der Waals surface area contributed by atoms with Crippen molar-refractivity contribution in [3.63, 3.8) is 0 Å². The molecule has 0 radical (unpaired) electrons. The second-order valence-electron chi connectivity index (χ2n) is 2.09. The van der Waals surface area contributed by atoms with Crippen LogP contribution < -0.4 is 0 Å². The van der Waals surface area contributed by atoms with E-state index in [0.717, 1.165) is 13.0 Å². The first-order valence-corrected chi connectivity index (χ1v) is 3.17. The molecule has 0 aliphatic carbocycles. The molecule has 0 unspecified atom stereocenters. The summed E-state index contributed by atoms with van der Waals surface area (Å²) in [5.41, 5.74) is 0. The van der Waals surface area contributed by atoms with Crippen molar-refractivity contribution in [3.05, 3.63) is 0 Å². The van der Waals surface area contributed by atoms with E-state index in [2.05, 4.69) is 6.92 Å². The normalized spacial score (nSPS) is 10.5. The van der Waals surface area contributed by atoms with Gasteiger partial charge < -0.3 is 5.21 Å². The van der Waals surface area contributed by atoms with Crippen LogP contribution in [0.3, 0.4) is 0 Å². The van der Waals surface area contributed by atoms with Crippen molar-refractivity contribution in [2.24, 2.45) is 0 Å². The third-order valence-electron chi connectivity index (χ3n) is 1.09. The molecule has 0 aliphatic rings.